The van der Waals surface area contributed by atoms with Crippen molar-refractivity contribution in [3.05, 3.63) is 0 Å². The lowest BCUT2D eigenvalue weighted by molar-refractivity contribution is -0.132. The minimum absolute atomic E-state index is 0.236. The van der Waals surface area contributed by atoms with Crippen LogP contribution in [0, 0.1) is 0 Å². The largest absolute Gasteiger partial charge is 0.390 e. The molecule has 0 saturated carbocycles. The molecule has 0 unspecified atom stereocenters. The Morgan fingerprint density at radius 2 is 1.93 bits per heavy atom. The van der Waals surface area contributed by atoms with Crippen molar-refractivity contribution >= 4 is 17.7 Å². The molecule has 1 rings (SSSR count). The predicted molar refractivity (Wildman–Crippen MR) is 56.1 cm³/mol. The Bertz CT molecular complexity index is 224. The monoisotopic (exact) mass is 241 g/mol. The summed E-state index contributed by atoms with van der Waals surface area (Å²) in [5, 5.41) is 0. The average Bonchev–Trinajstić information content (AvgIpc) is 2.17. The Morgan fingerprint density at radius 1 is 1.33 bits per heavy atom. The highest BCUT2D eigenvalue weighted by Gasteiger charge is 2.26. The van der Waals surface area contributed by atoms with E-state index in [1.807, 2.05) is 16.7 Å². The second-order valence-electron chi connectivity index (χ2n) is 3.20. The maximum absolute atomic E-state index is 11.8. The smallest absolute Gasteiger partial charge is 0.370 e. The van der Waals surface area contributed by atoms with Gasteiger partial charge in [-0.15, -0.1) is 0 Å². The van der Waals surface area contributed by atoms with Gasteiger partial charge in [-0.1, -0.05) is 0 Å². The highest BCUT2D eigenvalue weighted by atomic mass is 32.2. The molecule has 15 heavy (non-hydrogen) atoms. The van der Waals surface area contributed by atoms with E-state index in [4.69, 9.17) is 5.73 Å². The molecule has 0 spiro atoms. The van der Waals surface area contributed by atoms with Gasteiger partial charge in [0.15, 0.2) is 5.96 Å². The van der Waals surface area contributed by atoms with Crippen LogP contribution in [-0.2, 0) is 0 Å². The van der Waals surface area contributed by atoms with Gasteiger partial charge in [0.1, 0.15) is 0 Å². The number of thioether (sulfide) groups is 1. The third-order valence-electron chi connectivity index (χ3n) is 2.00. The fourth-order valence-electron chi connectivity index (χ4n) is 1.19. The van der Waals surface area contributed by atoms with Crippen molar-refractivity contribution in [2.45, 2.75) is 12.6 Å². The molecule has 1 aliphatic heterocycles. The summed E-state index contributed by atoms with van der Waals surface area (Å²) >= 11 is 1.81. The fraction of sp³-hybridized carbons (Fsp3) is 0.875. The van der Waals surface area contributed by atoms with E-state index in [9.17, 15) is 13.2 Å². The second-order valence-corrected chi connectivity index (χ2v) is 4.43. The van der Waals surface area contributed by atoms with Crippen LogP contribution >= 0.6 is 11.8 Å². The molecule has 1 aliphatic rings. The number of hydrogen-bond donors (Lipinski definition) is 1. The Hall–Kier alpha value is -0.590. The van der Waals surface area contributed by atoms with Gasteiger partial charge >= 0.3 is 6.18 Å². The van der Waals surface area contributed by atoms with Crippen molar-refractivity contribution in [1.82, 2.24) is 4.90 Å². The molecule has 1 saturated heterocycles. The van der Waals surface area contributed by atoms with E-state index in [0.717, 1.165) is 24.6 Å². The Balaban J connectivity index is 2.31. The molecule has 0 bridgehead atoms. The van der Waals surface area contributed by atoms with Crippen LogP contribution in [0.25, 0.3) is 0 Å². The lowest BCUT2D eigenvalue weighted by Crippen LogP contribution is -2.42. The molecular weight excluding hydrogens is 227 g/mol. The minimum atomic E-state index is -4.15. The van der Waals surface area contributed by atoms with Gasteiger partial charge in [0.25, 0.3) is 0 Å². The van der Waals surface area contributed by atoms with E-state index in [1.54, 1.807) is 0 Å². The summed E-state index contributed by atoms with van der Waals surface area (Å²) in [7, 11) is 0. The third-order valence-corrected chi connectivity index (χ3v) is 2.95. The van der Waals surface area contributed by atoms with Crippen molar-refractivity contribution in [3.8, 4) is 0 Å². The van der Waals surface area contributed by atoms with Crippen molar-refractivity contribution in [2.24, 2.45) is 10.7 Å². The maximum atomic E-state index is 11.8. The molecular formula is C8H14F3N3S. The van der Waals surface area contributed by atoms with Gasteiger partial charge in [-0.05, 0) is 0 Å². The van der Waals surface area contributed by atoms with Crippen LogP contribution in [0.2, 0.25) is 0 Å². The van der Waals surface area contributed by atoms with Crippen molar-refractivity contribution in [1.29, 1.82) is 0 Å². The van der Waals surface area contributed by atoms with Crippen LogP contribution in [0.4, 0.5) is 13.2 Å². The van der Waals surface area contributed by atoms with Crippen LogP contribution in [0.3, 0.4) is 0 Å². The number of halogens is 3. The first-order chi connectivity index (χ1) is 6.99. The number of nitrogens with two attached hydrogens (primary N) is 1. The van der Waals surface area contributed by atoms with Gasteiger partial charge in [0.05, 0.1) is 13.0 Å². The van der Waals surface area contributed by atoms with Crippen LogP contribution < -0.4 is 5.73 Å². The van der Waals surface area contributed by atoms with Crippen LogP contribution in [-0.4, -0.2) is 48.2 Å². The minimum Gasteiger partial charge on any atom is -0.370 e. The molecule has 0 amide bonds. The Labute approximate surface area is 90.9 Å². The molecule has 0 aromatic rings. The van der Waals surface area contributed by atoms with Crippen LogP contribution in [0.15, 0.2) is 4.99 Å². The Kier molecular flexibility index (Phi) is 4.56. The van der Waals surface area contributed by atoms with E-state index in [2.05, 4.69) is 4.99 Å². The summed E-state index contributed by atoms with van der Waals surface area (Å²) in [5.74, 6) is 2.14. The van der Waals surface area contributed by atoms with E-state index in [-0.39, 0.29) is 12.5 Å². The molecule has 0 aromatic carbocycles. The molecule has 0 radical (unpaired) electrons. The van der Waals surface area contributed by atoms with Gasteiger partial charge in [0.2, 0.25) is 0 Å². The summed E-state index contributed by atoms with van der Waals surface area (Å²) in [5.41, 5.74) is 5.58. The topological polar surface area (TPSA) is 41.6 Å². The first kappa shape index (κ1) is 12.5. The summed E-state index contributed by atoms with van der Waals surface area (Å²) in [6, 6.07) is 0. The van der Waals surface area contributed by atoms with Gasteiger partial charge in [0, 0.05) is 24.6 Å². The quantitative estimate of drug-likeness (QED) is 0.585. The lowest BCUT2D eigenvalue weighted by atomic mass is 10.4. The predicted octanol–water partition coefficient (Wildman–Crippen LogP) is 1.30. The molecule has 3 nitrogen and oxygen atoms in total. The number of nitrogens with zero attached hydrogens (tertiary/aromatic N) is 2. The van der Waals surface area contributed by atoms with Crippen LogP contribution in [0.5, 0.6) is 0 Å². The molecule has 1 fully saturated rings. The zero-order valence-electron chi connectivity index (χ0n) is 8.26. The van der Waals surface area contributed by atoms with Gasteiger partial charge in [-0.25, -0.2) is 0 Å². The molecule has 2 N–H and O–H groups in total. The lowest BCUT2D eigenvalue weighted by Gasteiger charge is -2.27. The summed E-state index contributed by atoms with van der Waals surface area (Å²) in [6.07, 6.45) is -5.06. The number of rotatable bonds is 2. The van der Waals surface area contributed by atoms with E-state index >= 15 is 0 Å². The molecule has 0 aliphatic carbocycles. The molecule has 7 heteroatoms. The number of aliphatic imine (C=N–C) groups is 1. The summed E-state index contributed by atoms with van der Waals surface area (Å²) in [6.45, 7) is 1.26. The average molecular weight is 241 g/mol. The van der Waals surface area contributed by atoms with Crippen molar-refractivity contribution < 1.29 is 13.2 Å². The molecule has 1 heterocycles. The first-order valence-corrected chi connectivity index (χ1v) is 5.84. The number of alkyl halides is 3. The third kappa shape index (κ3) is 5.15. The van der Waals surface area contributed by atoms with Crippen LogP contribution in [0.1, 0.15) is 6.42 Å². The van der Waals surface area contributed by atoms with E-state index in [1.165, 1.54) is 0 Å². The normalized spacial score (nSPS) is 19.4. The van der Waals surface area contributed by atoms with Gasteiger partial charge < -0.3 is 10.6 Å². The van der Waals surface area contributed by atoms with Gasteiger partial charge in [-0.2, -0.15) is 24.9 Å². The highest BCUT2D eigenvalue weighted by molar-refractivity contribution is 7.99. The maximum Gasteiger partial charge on any atom is 0.390 e. The van der Waals surface area contributed by atoms with E-state index in [0.29, 0.717) is 0 Å². The Morgan fingerprint density at radius 3 is 2.47 bits per heavy atom. The summed E-state index contributed by atoms with van der Waals surface area (Å²) in [4.78, 5) is 5.55. The zero-order chi connectivity index (χ0) is 11.3. The molecule has 88 valence electrons. The van der Waals surface area contributed by atoms with Crippen molar-refractivity contribution in [3.63, 3.8) is 0 Å². The highest BCUT2D eigenvalue weighted by Crippen LogP contribution is 2.19. The van der Waals surface area contributed by atoms with E-state index < -0.39 is 12.6 Å². The molecule has 0 aromatic heterocycles. The molecule has 0 atom stereocenters. The standard InChI is InChI=1S/C8H14F3N3S/c9-8(10,11)1-2-13-7(12)14-3-5-15-6-4-14/h1-6H2,(H2,12,13). The number of guanidine groups is 1. The SMILES string of the molecule is NC(=NCCC(F)(F)F)N1CCSCC1. The second kappa shape index (κ2) is 5.48. The first-order valence-electron chi connectivity index (χ1n) is 4.68. The van der Waals surface area contributed by atoms with Gasteiger partial charge in [-0.3, -0.25) is 4.99 Å². The van der Waals surface area contributed by atoms with Crippen molar-refractivity contribution in [2.75, 3.05) is 31.1 Å². The number of hydrogen-bond acceptors (Lipinski definition) is 2. The summed E-state index contributed by atoms with van der Waals surface area (Å²) < 4.78 is 35.5. The zero-order valence-corrected chi connectivity index (χ0v) is 9.07. The fourth-order valence-corrected chi connectivity index (χ4v) is 2.09.